The molecule has 0 saturated carbocycles. The van der Waals surface area contributed by atoms with E-state index in [-0.39, 0.29) is 12.6 Å². The Kier molecular flexibility index (Phi) is 7.01. The summed E-state index contributed by atoms with van der Waals surface area (Å²) in [7, 11) is 1.32. The molecular weight excluding hydrogens is 270 g/mol. The summed E-state index contributed by atoms with van der Waals surface area (Å²) >= 11 is 0. The molecule has 5 nitrogen and oxygen atoms in total. The Hall–Kier alpha value is -2.30. The van der Waals surface area contributed by atoms with Gasteiger partial charge in [-0.15, -0.1) is 6.58 Å². The van der Waals surface area contributed by atoms with E-state index in [1.807, 2.05) is 30.3 Å². The number of amides is 1. The first-order chi connectivity index (χ1) is 10.1. The standard InChI is InChI=1S/C16H21NO4/c1-4-8-14(12(2)15(18)20-3)17-16(19)21-11-13-9-6-5-7-10-13/h4-7,9-10,12,14H,1,8,11H2,2-3H3,(H,17,19)/t12-,14-/m0/s1. The normalized spacial score (nSPS) is 12.9. The van der Waals surface area contributed by atoms with E-state index in [2.05, 4.69) is 16.6 Å². The van der Waals surface area contributed by atoms with Crippen LogP contribution in [-0.4, -0.2) is 25.2 Å². The van der Waals surface area contributed by atoms with Gasteiger partial charge in [0.15, 0.2) is 0 Å². The van der Waals surface area contributed by atoms with Crippen LogP contribution < -0.4 is 5.32 Å². The van der Waals surface area contributed by atoms with Crippen molar-refractivity contribution in [2.75, 3.05) is 7.11 Å². The average molecular weight is 291 g/mol. The highest BCUT2D eigenvalue weighted by Gasteiger charge is 2.25. The first kappa shape index (κ1) is 16.8. The van der Waals surface area contributed by atoms with Crippen LogP contribution in [0.2, 0.25) is 0 Å². The van der Waals surface area contributed by atoms with Crippen molar-refractivity contribution in [1.82, 2.24) is 5.32 Å². The maximum absolute atomic E-state index is 11.8. The van der Waals surface area contributed by atoms with Gasteiger partial charge in [0.1, 0.15) is 6.61 Å². The molecule has 0 aliphatic heterocycles. The minimum absolute atomic E-state index is 0.181. The van der Waals surface area contributed by atoms with Crippen molar-refractivity contribution in [1.29, 1.82) is 0 Å². The first-order valence-electron chi connectivity index (χ1n) is 6.74. The third kappa shape index (κ3) is 5.69. The molecular formula is C16H21NO4. The molecule has 0 heterocycles. The van der Waals surface area contributed by atoms with Crippen molar-refractivity contribution in [2.45, 2.75) is 26.0 Å². The molecule has 0 bridgehead atoms. The van der Waals surface area contributed by atoms with Crippen LogP contribution in [0.5, 0.6) is 0 Å². The SMILES string of the molecule is C=CC[C@H](NC(=O)OCc1ccccc1)[C@H](C)C(=O)OC. The summed E-state index contributed by atoms with van der Waals surface area (Å²) in [6.07, 6.45) is 1.53. The molecule has 0 saturated heterocycles. The number of esters is 1. The monoisotopic (exact) mass is 291 g/mol. The van der Waals surface area contributed by atoms with Crippen LogP contribution in [0.15, 0.2) is 43.0 Å². The zero-order valence-corrected chi connectivity index (χ0v) is 12.4. The quantitative estimate of drug-likeness (QED) is 0.619. The molecule has 2 atom stereocenters. The second-order valence-electron chi connectivity index (χ2n) is 4.65. The molecule has 0 fully saturated rings. The number of alkyl carbamates (subject to hydrolysis) is 1. The van der Waals surface area contributed by atoms with Gasteiger partial charge in [-0.25, -0.2) is 4.79 Å². The summed E-state index contributed by atoms with van der Waals surface area (Å²) in [6.45, 7) is 5.50. The van der Waals surface area contributed by atoms with E-state index in [1.165, 1.54) is 7.11 Å². The van der Waals surface area contributed by atoms with Crippen molar-refractivity contribution in [3.63, 3.8) is 0 Å². The Bertz CT molecular complexity index is 472. The van der Waals surface area contributed by atoms with Gasteiger partial charge in [-0.2, -0.15) is 0 Å². The smallest absolute Gasteiger partial charge is 0.407 e. The maximum Gasteiger partial charge on any atom is 0.407 e. The Balaban J connectivity index is 2.52. The summed E-state index contributed by atoms with van der Waals surface area (Å²) in [5.74, 6) is -0.859. The summed E-state index contributed by atoms with van der Waals surface area (Å²) in [5, 5.41) is 2.67. The van der Waals surface area contributed by atoms with E-state index in [9.17, 15) is 9.59 Å². The third-order valence-electron chi connectivity index (χ3n) is 3.11. The molecule has 0 aromatic heterocycles. The summed E-state index contributed by atoms with van der Waals surface area (Å²) in [4.78, 5) is 23.3. The van der Waals surface area contributed by atoms with Crippen molar-refractivity contribution < 1.29 is 19.1 Å². The number of methoxy groups -OCH3 is 1. The molecule has 0 aliphatic rings. The van der Waals surface area contributed by atoms with Gasteiger partial charge in [-0.3, -0.25) is 4.79 Å². The zero-order valence-electron chi connectivity index (χ0n) is 12.4. The van der Waals surface area contributed by atoms with E-state index >= 15 is 0 Å². The number of rotatable bonds is 7. The summed E-state index contributed by atoms with van der Waals surface area (Å²) in [5.41, 5.74) is 0.897. The van der Waals surface area contributed by atoms with E-state index < -0.39 is 18.1 Å². The molecule has 21 heavy (non-hydrogen) atoms. The van der Waals surface area contributed by atoms with Gasteiger partial charge in [-0.1, -0.05) is 36.4 Å². The number of benzene rings is 1. The van der Waals surface area contributed by atoms with Gasteiger partial charge in [-0.05, 0) is 18.9 Å². The predicted molar refractivity (Wildman–Crippen MR) is 79.5 cm³/mol. The highest BCUT2D eigenvalue weighted by Crippen LogP contribution is 2.10. The summed E-state index contributed by atoms with van der Waals surface area (Å²) in [6, 6.07) is 8.96. The molecule has 114 valence electrons. The molecule has 1 rings (SSSR count). The number of ether oxygens (including phenoxy) is 2. The second kappa shape index (κ2) is 8.79. The lowest BCUT2D eigenvalue weighted by molar-refractivity contribution is -0.145. The minimum Gasteiger partial charge on any atom is -0.469 e. The van der Waals surface area contributed by atoms with Gasteiger partial charge >= 0.3 is 12.1 Å². The molecule has 1 amide bonds. The van der Waals surface area contributed by atoms with Gasteiger partial charge in [0.05, 0.1) is 13.0 Å². The lowest BCUT2D eigenvalue weighted by Gasteiger charge is -2.21. The zero-order chi connectivity index (χ0) is 15.7. The summed E-state index contributed by atoms with van der Waals surface area (Å²) < 4.78 is 9.82. The lowest BCUT2D eigenvalue weighted by atomic mass is 9.99. The van der Waals surface area contributed by atoms with Crippen molar-refractivity contribution in [3.8, 4) is 0 Å². The fourth-order valence-corrected chi connectivity index (χ4v) is 1.83. The molecule has 1 aromatic carbocycles. The van der Waals surface area contributed by atoms with Gasteiger partial charge < -0.3 is 14.8 Å². The minimum atomic E-state index is -0.568. The van der Waals surface area contributed by atoms with Crippen LogP contribution in [0.3, 0.4) is 0 Å². The second-order valence-corrected chi connectivity index (χ2v) is 4.65. The molecule has 0 spiro atoms. The highest BCUT2D eigenvalue weighted by atomic mass is 16.5. The fraction of sp³-hybridized carbons (Fsp3) is 0.375. The van der Waals surface area contributed by atoms with E-state index in [0.29, 0.717) is 6.42 Å². The molecule has 0 radical (unpaired) electrons. The van der Waals surface area contributed by atoms with Gasteiger partial charge in [0, 0.05) is 6.04 Å². The Morgan fingerprint density at radius 3 is 2.57 bits per heavy atom. The molecule has 5 heteroatoms. The van der Waals surface area contributed by atoms with Crippen LogP contribution in [0.4, 0.5) is 4.79 Å². The highest BCUT2D eigenvalue weighted by molar-refractivity contribution is 5.74. The first-order valence-corrected chi connectivity index (χ1v) is 6.74. The molecule has 1 aromatic rings. The van der Waals surface area contributed by atoms with Crippen LogP contribution in [-0.2, 0) is 20.9 Å². The largest absolute Gasteiger partial charge is 0.469 e. The molecule has 1 N–H and O–H groups in total. The topological polar surface area (TPSA) is 64.6 Å². The van der Waals surface area contributed by atoms with Crippen molar-refractivity contribution in [3.05, 3.63) is 48.6 Å². The average Bonchev–Trinajstić information content (AvgIpc) is 2.52. The lowest BCUT2D eigenvalue weighted by Crippen LogP contribution is -2.42. The van der Waals surface area contributed by atoms with Crippen LogP contribution in [0.1, 0.15) is 18.9 Å². The molecule has 0 aliphatic carbocycles. The number of hydrogen-bond acceptors (Lipinski definition) is 4. The Morgan fingerprint density at radius 1 is 1.33 bits per heavy atom. The molecule has 0 unspecified atom stereocenters. The van der Waals surface area contributed by atoms with Crippen LogP contribution in [0, 0.1) is 5.92 Å². The maximum atomic E-state index is 11.8. The number of nitrogens with one attached hydrogen (secondary N) is 1. The Morgan fingerprint density at radius 2 is 2.00 bits per heavy atom. The number of hydrogen-bond donors (Lipinski definition) is 1. The van der Waals surface area contributed by atoms with Crippen LogP contribution >= 0.6 is 0 Å². The third-order valence-corrected chi connectivity index (χ3v) is 3.11. The van der Waals surface area contributed by atoms with E-state index in [0.717, 1.165) is 5.56 Å². The fourth-order valence-electron chi connectivity index (χ4n) is 1.83. The van der Waals surface area contributed by atoms with Gasteiger partial charge in [0.2, 0.25) is 0 Å². The Labute approximate surface area is 124 Å². The number of carbonyl (C=O) groups is 2. The van der Waals surface area contributed by atoms with Crippen molar-refractivity contribution in [2.24, 2.45) is 5.92 Å². The van der Waals surface area contributed by atoms with Crippen LogP contribution in [0.25, 0.3) is 0 Å². The number of carbonyl (C=O) groups excluding carboxylic acids is 2. The van der Waals surface area contributed by atoms with E-state index in [1.54, 1.807) is 13.0 Å². The van der Waals surface area contributed by atoms with E-state index in [4.69, 9.17) is 4.74 Å². The van der Waals surface area contributed by atoms with Crippen molar-refractivity contribution >= 4 is 12.1 Å². The van der Waals surface area contributed by atoms with Gasteiger partial charge in [0.25, 0.3) is 0 Å². The predicted octanol–water partition coefficient (Wildman–Crippen LogP) is 2.67.